The molecule has 7 atom stereocenters. The number of unbranched alkanes of at least 4 members (excludes halogenated alkanes) is 30. The van der Waals surface area contributed by atoms with Crippen molar-refractivity contribution in [1.29, 1.82) is 0 Å². The standard InChI is InChI=1S/C47H91NO8/c1-3-5-7-8-9-10-11-12-13-14-15-16-17-18-19-20-21-22-23-24-25-26-27-28-29-30-31-32-33-34-35-36-41(50)40(48-43(51)37-6-4-2)39-55-47-46(54)45(53)44(52)42(38-49)56-47/h35-36,40-42,44-47,49-50,52-54H,3-34,37-39H2,1-2H3,(H,48,51)/b36-35+. The zero-order valence-corrected chi connectivity index (χ0v) is 36.4. The Balaban J connectivity index is 1.99. The molecule has 9 nitrogen and oxygen atoms in total. The molecule has 0 aliphatic carbocycles. The Kier molecular flexibility index (Phi) is 36.1. The fourth-order valence-electron chi connectivity index (χ4n) is 7.72. The minimum Gasteiger partial charge on any atom is -0.394 e. The number of aliphatic hydroxyl groups excluding tert-OH is 5. The molecule has 1 amide bonds. The molecular weight excluding hydrogens is 707 g/mol. The van der Waals surface area contributed by atoms with Crippen molar-refractivity contribution in [2.75, 3.05) is 13.2 Å². The van der Waals surface area contributed by atoms with Crippen molar-refractivity contribution in [2.24, 2.45) is 0 Å². The lowest BCUT2D eigenvalue weighted by Gasteiger charge is -2.40. The molecule has 7 unspecified atom stereocenters. The van der Waals surface area contributed by atoms with Gasteiger partial charge in [0.15, 0.2) is 6.29 Å². The summed E-state index contributed by atoms with van der Waals surface area (Å²) in [7, 11) is 0. The highest BCUT2D eigenvalue weighted by Crippen LogP contribution is 2.23. The molecule has 1 rings (SSSR count). The number of ether oxygens (including phenoxy) is 2. The maximum absolute atomic E-state index is 12.5. The number of carbonyl (C=O) groups is 1. The van der Waals surface area contributed by atoms with E-state index in [1.54, 1.807) is 6.08 Å². The average Bonchev–Trinajstić information content (AvgIpc) is 3.20. The Morgan fingerprint density at radius 2 is 0.982 bits per heavy atom. The fraction of sp³-hybridized carbons (Fsp3) is 0.936. The number of aliphatic hydroxyl groups is 5. The molecule has 1 heterocycles. The highest BCUT2D eigenvalue weighted by Gasteiger charge is 2.44. The van der Waals surface area contributed by atoms with Crippen LogP contribution in [0.4, 0.5) is 0 Å². The van der Waals surface area contributed by atoms with E-state index in [0.717, 1.165) is 32.1 Å². The maximum Gasteiger partial charge on any atom is 0.220 e. The molecule has 332 valence electrons. The van der Waals surface area contributed by atoms with Gasteiger partial charge in [-0.3, -0.25) is 4.79 Å². The summed E-state index contributed by atoms with van der Waals surface area (Å²) < 4.78 is 11.1. The smallest absolute Gasteiger partial charge is 0.220 e. The first-order chi connectivity index (χ1) is 27.3. The first kappa shape index (κ1) is 52.9. The number of rotatable bonds is 40. The lowest BCUT2D eigenvalue weighted by molar-refractivity contribution is -0.302. The molecule has 56 heavy (non-hydrogen) atoms. The van der Waals surface area contributed by atoms with E-state index in [1.165, 1.54) is 173 Å². The Labute approximate surface area is 344 Å². The second-order valence-corrected chi connectivity index (χ2v) is 16.9. The predicted octanol–water partition coefficient (Wildman–Crippen LogP) is 10.1. The van der Waals surface area contributed by atoms with Crippen molar-refractivity contribution in [3.8, 4) is 0 Å². The van der Waals surface area contributed by atoms with Crippen LogP contribution in [0.3, 0.4) is 0 Å². The van der Waals surface area contributed by atoms with Crippen LogP contribution in [0.2, 0.25) is 0 Å². The van der Waals surface area contributed by atoms with Crippen molar-refractivity contribution in [3.63, 3.8) is 0 Å². The van der Waals surface area contributed by atoms with Crippen LogP contribution in [0.5, 0.6) is 0 Å². The second-order valence-electron chi connectivity index (χ2n) is 16.9. The SMILES string of the molecule is CCCCCCCCCCCCCCCCCCCCCCCCCCCCCCC/C=C/C(O)C(COC1OC(CO)C(O)C(O)C1O)NC(=O)CCCC. The normalized spacial score (nSPS) is 21.2. The first-order valence-corrected chi connectivity index (χ1v) is 23.9. The highest BCUT2D eigenvalue weighted by atomic mass is 16.7. The lowest BCUT2D eigenvalue weighted by atomic mass is 9.99. The monoisotopic (exact) mass is 798 g/mol. The van der Waals surface area contributed by atoms with E-state index in [4.69, 9.17) is 9.47 Å². The molecule has 0 aromatic heterocycles. The van der Waals surface area contributed by atoms with Gasteiger partial charge in [0.25, 0.3) is 0 Å². The molecule has 1 saturated heterocycles. The van der Waals surface area contributed by atoms with Crippen molar-refractivity contribution >= 4 is 5.91 Å². The second kappa shape index (κ2) is 38.2. The van der Waals surface area contributed by atoms with E-state index in [0.29, 0.717) is 6.42 Å². The van der Waals surface area contributed by atoms with Gasteiger partial charge >= 0.3 is 0 Å². The summed E-state index contributed by atoms with van der Waals surface area (Å²) in [5.41, 5.74) is 0. The molecule has 6 N–H and O–H groups in total. The molecular formula is C47H91NO8. The third-order valence-electron chi connectivity index (χ3n) is 11.6. The van der Waals surface area contributed by atoms with Gasteiger partial charge in [-0.1, -0.05) is 212 Å². The highest BCUT2D eigenvalue weighted by molar-refractivity contribution is 5.76. The van der Waals surface area contributed by atoms with E-state index in [2.05, 4.69) is 12.2 Å². The van der Waals surface area contributed by atoms with Crippen LogP contribution in [0.25, 0.3) is 0 Å². The topological polar surface area (TPSA) is 149 Å². The van der Waals surface area contributed by atoms with E-state index in [1.807, 2.05) is 13.0 Å². The van der Waals surface area contributed by atoms with Crippen molar-refractivity contribution in [2.45, 2.75) is 269 Å². The van der Waals surface area contributed by atoms with E-state index in [-0.39, 0.29) is 12.5 Å². The quantitative estimate of drug-likeness (QED) is 0.0265. The number of allylic oxidation sites excluding steroid dienone is 1. The summed E-state index contributed by atoms with van der Waals surface area (Å²) in [6, 6.07) is -0.795. The number of carbonyl (C=O) groups excluding carboxylic acids is 1. The summed E-state index contributed by atoms with van der Waals surface area (Å²) in [6.45, 7) is 3.54. The van der Waals surface area contributed by atoms with Gasteiger partial charge in [-0.05, 0) is 19.3 Å². The van der Waals surface area contributed by atoms with Crippen LogP contribution < -0.4 is 5.32 Å². The first-order valence-electron chi connectivity index (χ1n) is 23.9. The minimum absolute atomic E-state index is 0.189. The molecule has 9 heteroatoms. The third kappa shape index (κ3) is 28.4. The summed E-state index contributed by atoms with van der Waals surface area (Å²) in [5, 5.41) is 53.5. The van der Waals surface area contributed by atoms with Crippen LogP contribution in [0.15, 0.2) is 12.2 Å². The van der Waals surface area contributed by atoms with Crippen LogP contribution in [0, 0.1) is 0 Å². The summed E-state index contributed by atoms with van der Waals surface area (Å²) in [6.07, 6.45) is 38.5. The van der Waals surface area contributed by atoms with Crippen molar-refractivity contribution in [3.05, 3.63) is 12.2 Å². The molecule has 0 saturated carbocycles. The molecule has 0 bridgehead atoms. The van der Waals surface area contributed by atoms with Crippen molar-refractivity contribution < 1.29 is 39.8 Å². The Hall–Kier alpha value is -1.07. The van der Waals surface area contributed by atoms with Gasteiger partial charge in [0.1, 0.15) is 24.4 Å². The van der Waals surface area contributed by atoms with E-state index in [9.17, 15) is 30.3 Å². The van der Waals surface area contributed by atoms with Crippen LogP contribution in [0.1, 0.15) is 226 Å². The molecule has 1 aliphatic rings. The van der Waals surface area contributed by atoms with Gasteiger partial charge in [-0.15, -0.1) is 0 Å². The molecule has 0 aromatic rings. The van der Waals surface area contributed by atoms with E-state index >= 15 is 0 Å². The molecule has 0 spiro atoms. The average molecular weight is 798 g/mol. The van der Waals surface area contributed by atoms with Gasteiger partial charge in [0, 0.05) is 6.42 Å². The van der Waals surface area contributed by atoms with Crippen LogP contribution >= 0.6 is 0 Å². The maximum atomic E-state index is 12.5. The largest absolute Gasteiger partial charge is 0.394 e. The Morgan fingerprint density at radius 3 is 1.38 bits per heavy atom. The Bertz CT molecular complexity index is 888. The number of amides is 1. The summed E-state index contributed by atoms with van der Waals surface area (Å²) in [5.74, 6) is -0.211. The van der Waals surface area contributed by atoms with Crippen LogP contribution in [-0.4, -0.2) is 87.5 Å². The van der Waals surface area contributed by atoms with Crippen molar-refractivity contribution in [1.82, 2.24) is 5.32 Å². The lowest BCUT2D eigenvalue weighted by Crippen LogP contribution is -2.60. The Morgan fingerprint density at radius 1 is 0.589 bits per heavy atom. The van der Waals surface area contributed by atoms with Gasteiger partial charge in [0.05, 0.1) is 25.4 Å². The zero-order chi connectivity index (χ0) is 40.9. The molecule has 0 aromatic carbocycles. The third-order valence-corrected chi connectivity index (χ3v) is 11.6. The predicted molar refractivity (Wildman–Crippen MR) is 231 cm³/mol. The van der Waals surface area contributed by atoms with E-state index < -0.39 is 49.5 Å². The summed E-state index contributed by atoms with van der Waals surface area (Å²) >= 11 is 0. The fourth-order valence-corrected chi connectivity index (χ4v) is 7.72. The molecule has 1 aliphatic heterocycles. The van der Waals surface area contributed by atoms with Gasteiger partial charge in [-0.25, -0.2) is 0 Å². The van der Waals surface area contributed by atoms with Gasteiger partial charge < -0.3 is 40.3 Å². The minimum atomic E-state index is -1.56. The summed E-state index contributed by atoms with van der Waals surface area (Å²) in [4.78, 5) is 12.5. The van der Waals surface area contributed by atoms with Gasteiger partial charge in [0.2, 0.25) is 5.91 Å². The molecule has 0 radical (unpaired) electrons. The molecule has 1 fully saturated rings. The number of nitrogens with one attached hydrogen (secondary N) is 1. The van der Waals surface area contributed by atoms with Crippen LogP contribution in [-0.2, 0) is 14.3 Å². The zero-order valence-electron chi connectivity index (χ0n) is 36.4. The van der Waals surface area contributed by atoms with Gasteiger partial charge in [-0.2, -0.15) is 0 Å². The number of hydrogen-bond acceptors (Lipinski definition) is 8. The number of hydrogen-bond donors (Lipinski definition) is 6.